The highest BCUT2D eigenvalue weighted by Crippen LogP contribution is 2.27. The van der Waals surface area contributed by atoms with Crippen molar-refractivity contribution in [1.82, 2.24) is 0 Å². The van der Waals surface area contributed by atoms with Gasteiger partial charge < -0.3 is 15.0 Å². The van der Waals surface area contributed by atoms with Gasteiger partial charge in [0.15, 0.2) is 6.61 Å². The summed E-state index contributed by atoms with van der Waals surface area (Å²) in [6.45, 7) is 5.71. The van der Waals surface area contributed by atoms with Gasteiger partial charge in [-0.2, -0.15) is 0 Å². The minimum Gasteiger partial charge on any atom is -0.455 e. The van der Waals surface area contributed by atoms with E-state index in [1.54, 1.807) is 11.0 Å². The smallest absolute Gasteiger partial charge is 0.311 e. The number of hydrogen-bond donors (Lipinski definition) is 1. The van der Waals surface area contributed by atoms with Gasteiger partial charge >= 0.3 is 5.97 Å². The molecule has 6 heteroatoms. The Bertz CT molecular complexity index is 902. The van der Waals surface area contributed by atoms with E-state index in [0.717, 1.165) is 22.4 Å². The highest BCUT2D eigenvalue weighted by atomic mass is 16.5. The van der Waals surface area contributed by atoms with Crippen LogP contribution in [0.3, 0.4) is 0 Å². The van der Waals surface area contributed by atoms with Crippen LogP contribution in [0.15, 0.2) is 42.5 Å². The van der Waals surface area contributed by atoms with E-state index in [1.165, 1.54) is 0 Å². The van der Waals surface area contributed by atoms with Gasteiger partial charge in [-0.1, -0.05) is 24.3 Å². The first kappa shape index (κ1) is 19.6. The number of benzene rings is 2. The second-order valence-corrected chi connectivity index (χ2v) is 7.22. The first-order chi connectivity index (χ1) is 13.3. The first-order valence-electron chi connectivity index (χ1n) is 9.24. The van der Waals surface area contributed by atoms with E-state index in [1.807, 2.05) is 57.2 Å². The molecule has 1 aliphatic heterocycles. The number of carbonyl (C=O) groups excluding carboxylic acids is 3. The number of aryl methyl sites for hydroxylation is 3. The van der Waals surface area contributed by atoms with Gasteiger partial charge in [0.05, 0.1) is 5.92 Å². The number of hydrogen-bond acceptors (Lipinski definition) is 4. The van der Waals surface area contributed by atoms with Crippen molar-refractivity contribution in [2.75, 3.05) is 23.4 Å². The molecule has 1 saturated heterocycles. The van der Waals surface area contributed by atoms with Crippen LogP contribution in [0.1, 0.15) is 23.1 Å². The predicted octanol–water partition coefficient (Wildman–Crippen LogP) is 3.15. The van der Waals surface area contributed by atoms with Gasteiger partial charge in [-0.15, -0.1) is 0 Å². The third-order valence-corrected chi connectivity index (χ3v) is 4.74. The third kappa shape index (κ3) is 4.57. The molecule has 0 radical (unpaired) electrons. The van der Waals surface area contributed by atoms with Gasteiger partial charge in [-0.3, -0.25) is 14.4 Å². The molecule has 0 bridgehead atoms. The van der Waals surface area contributed by atoms with E-state index < -0.39 is 17.8 Å². The van der Waals surface area contributed by atoms with Crippen molar-refractivity contribution in [1.29, 1.82) is 0 Å². The van der Waals surface area contributed by atoms with E-state index >= 15 is 0 Å². The van der Waals surface area contributed by atoms with E-state index in [-0.39, 0.29) is 25.5 Å². The molecule has 1 N–H and O–H groups in total. The zero-order valence-electron chi connectivity index (χ0n) is 16.3. The van der Waals surface area contributed by atoms with Gasteiger partial charge in [0.1, 0.15) is 0 Å². The van der Waals surface area contributed by atoms with Gasteiger partial charge in [-0.25, -0.2) is 0 Å². The number of anilines is 2. The van der Waals surface area contributed by atoms with Crippen molar-refractivity contribution in [2.24, 2.45) is 5.92 Å². The van der Waals surface area contributed by atoms with E-state index in [4.69, 9.17) is 4.74 Å². The molecule has 0 unspecified atom stereocenters. The normalized spacial score (nSPS) is 16.2. The molecule has 2 aromatic carbocycles. The highest BCUT2D eigenvalue weighted by Gasteiger charge is 2.36. The standard InChI is InChI=1S/C22H24N2O4/c1-14-8-15(2)10-18(9-14)24-12-17(11-21(24)26)22(27)28-13-20(25)23-19-7-5-4-6-16(19)3/h4-10,17H,11-13H2,1-3H3,(H,23,25)/t17-/m0/s1. The van der Waals surface area contributed by atoms with Crippen molar-refractivity contribution in [3.8, 4) is 0 Å². The van der Waals surface area contributed by atoms with E-state index in [9.17, 15) is 14.4 Å². The molecule has 0 saturated carbocycles. The summed E-state index contributed by atoms with van der Waals surface area (Å²) in [6.07, 6.45) is 0.0885. The van der Waals surface area contributed by atoms with Crippen LogP contribution < -0.4 is 10.2 Å². The molecular weight excluding hydrogens is 356 g/mol. The fraction of sp³-hybridized carbons (Fsp3) is 0.318. The van der Waals surface area contributed by atoms with Crippen LogP contribution in [0.5, 0.6) is 0 Å². The van der Waals surface area contributed by atoms with Crippen LogP contribution in [-0.2, 0) is 19.1 Å². The topological polar surface area (TPSA) is 75.7 Å². The van der Waals surface area contributed by atoms with E-state index in [2.05, 4.69) is 5.32 Å². The number of esters is 1. The average Bonchev–Trinajstić information content (AvgIpc) is 3.03. The van der Waals surface area contributed by atoms with Crippen molar-refractivity contribution >= 4 is 29.2 Å². The van der Waals surface area contributed by atoms with Crippen LogP contribution in [0, 0.1) is 26.7 Å². The Kier molecular flexibility index (Phi) is 5.78. The Morgan fingerprint density at radius 1 is 1.11 bits per heavy atom. The van der Waals surface area contributed by atoms with Crippen molar-refractivity contribution in [2.45, 2.75) is 27.2 Å². The summed E-state index contributed by atoms with van der Waals surface area (Å²) >= 11 is 0. The monoisotopic (exact) mass is 380 g/mol. The summed E-state index contributed by atoms with van der Waals surface area (Å²) in [5, 5.41) is 2.72. The maximum absolute atomic E-state index is 12.4. The largest absolute Gasteiger partial charge is 0.455 e. The zero-order valence-corrected chi connectivity index (χ0v) is 16.3. The molecule has 6 nitrogen and oxygen atoms in total. The summed E-state index contributed by atoms with van der Waals surface area (Å²) in [5.74, 6) is -1.62. The lowest BCUT2D eigenvalue weighted by Gasteiger charge is -2.18. The number of para-hydroxylation sites is 1. The Morgan fingerprint density at radius 3 is 2.46 bits per heavy atom. The summed E-state index contributed by atoms with van der Waals surface area (Å²) in [6, 6.07) is 13.2. The number of amides is 2. The van der Waals surface area contributed by atoms with Gasteiger partial charge in [-0.05, 0) is 55.7 Å². The molecule has 1 atom stereocenters. The summed E-state index contributed by atoms with van der Waals surface area (Å²) in [7, 11) is 0. The predicted molar refractivity (Wildman–Crippen MR) is 107 cm³/mol. The molecule has 3 rings (SSSR count). The molecule has 1 fully saturated rings. The third-order valence-electron chi connectivity index (χ3n) is 4.74. The number of nitrogens with one attached hydrogen (secondary N) is 1. The summed E-state index contributed by atoms with van der Waals surface area (Å²) in [4.78, 5) is 38.4. The van der Waals surface area contributed by atoms with Crippen LogP contribution in [0.25, 0.3) is 0 Å². The molecule has 2 aromatic rings. The Balaban J connectivity index is 1.56. The first-order valence-corrected chi connectivity index (χ1v) is 9.24. The highest BCUT2D eigenvalue weighted by molar-refractivity contribution is 6.00. The van der Waals surface area contributed by atoms with Crippen molar-refractivity contribution in [3.05, 3.63) is 59.2 Å². The number of ether oxygens (including phenoxy) is 1. The number of nitrogens with zero attached hydrogens (tertiary/aromatic N) is 1. The molecule has 1 aliphatic rings. The summed E-state index contributed by atoms with van der Waals surface area (Å²) in [5.41, 5.74) is 4.51. The van der Waals surface area contributed by atoms with Gasteiger partial charge in [0.25, 0.3) is 5.91 Å². The Labute approximate surface area is 164 Å². The lowest BCUT2D eigenvalue weighted by Crippen LogP contribution is -2.28. The fourth-order valence-electron chi connectivity index (χ4n) is 3.38. The Morgan fingerprint density at radius 2 is 1.79 bits per heavy atom. The van der Waals surface area contributed by atoms with Crippen molar-refractivity contribution < 1.29 is 19.1 Å². The van der Waals surface area contributed by atoms with Crippen LogP contribution >= 0.6 is 0 Å². The fourth-order valence-corrected chi connectivity index (χ4v) is 3.38. The van der Waals surface area contributed by atoms with Gasteiger partial charge in [0, 0.05) is 24.3 Å². The average molecular weight is 380 g/mol. The molecule has 28 heavy (non-hydrogen) atoms. The van der Waals surface area contributed by atoms with E-state index in [0.29, 0.717) is 5.69 Å². The second-order valence-electron chi connectivity index (χ2n) is 7.22. The number of carbonyl (C=O) groups is 3. The molecule has 1 heterocycles. The minimum absolute atomic E-state index is 0.0885. The SMILES string of the molecule is Cc1cc(C)cc(N2C[C@@H](C(=O)OCC(=O)Nc3ccccc3C)CC2=O)c1. The second kappa shape index (κ2) is 8.25. The van der Waals surface area contributed by atoms with Gasteiger partial charge in [0.2, 0.25) is 5.91 Å². The van der Waals surface area contributed by atoms with Crippen LogP contribution in [-0.4, -0.2) is 30.9 Å². The van der Waals surface area contributed by atoms with Crippen molar-refractivity contribution in [3.63, 3.8) is 0 Å². The van der Waals surface area contributed by atoms with Crippen LogP contribution in [0.4, 0.5) is 11.4 Å². The van der Waals surface area contributed by atoms with Crippen LogP contribution in [0.2, 0.25) is 0 Å². The molecule has 0 aliphatic carbocycles. The lowest BCUT2D eigenvalue weighted by atomic mass is 10.1. The molecule has 0 spiro atoms. The molecule has 146 valence electrons. The molecule has 0 aromatic heterocycles. The zero-order chi connectivity index (χ0) is 20.3. The number of rotatable bonds is 5. The maximum Gasteiger partial charge on any atom is 0.311 e. The minimum atomic E-state index is -0.570. The molecular formula is C22H24N2O4. The summed E-state index contributed by atoms with van der Waals surface area (Å²) < 4.78 is 5.15. The molecule has 2 amide bonds. The maximum atomic E-state index is 12.4. The quantitative estimate of drug-likeness (QED) is 0.809. The Hall–Kier alpha value is -3.15. The lowest BCUT2D eigenvalue weighted by molar-refractivity contribution is -0.151.